The van der Waals surface area contributed by atoms with Crippen LogP contribution in [0.25, 0.3) is 11.3 Å². The van der Waals surface area contributed by atoms with Crippen molar-refractivity contribution in [1.82, 2.24) is 30.4 Å². The van der Waals surface area contributed by atoms with Gasteiger partial charge in [0.2, 0.25) is 5.95 Å². The Labute approximate surface area is 188 Å². The Morgan fingerprint density at radius 3 is 2.43 bits per heavy atom. The summed E-state index contributed by atoms with van der Waals surface area (Å²) < 4.78 is 1.52. The van der Waals surface area contributed by atoms with Crippen molar-refractivity contribution in [3.8, 4) is 11.3 Å². The maximum Gasteiger partial charge on any atom is 0.288 e. The minimum atomic E-state index is -0.660. The standard InChI is InChI=1S/C18H9Cl4N7O/c19-7-1-3-9(11(21)5-7)14-13-15(17(30)25-24-14)23-18-26-27-28-29(18)16(13)10-4-2-8(20)6-12(10)22/h1-6,16H,(H,25,30)(H,23,26,28)/t16-/m1/s1. The van der Waals surface area contributed by atoms with Crippen molar-refractivity contribution in [1.29, 1.82) is 0 Å². The molecule has 1 atom stereocenters. The lowest BCUT2D eigenvalue weighted by atomic mass is 9.92. The number of halogens is 4. The van der Waals surface area contributed by atoms with Crippen LogP contribution in [0.4, 0.5) is 11.6 Å². The average molecular weight is 481 g/mol. The Morgan fingerprint density at radius 2 is 1.70 bits per heavy atom. The molecule has 0 unspecified atom stereocenters. The van der Waals surface area contributed by atoms with E-state index in [9.17, 15) is 4.79 Å². The summed E-state index contributed by atoms with van der Waals surface area (Å²) in [7, 11) is 0. The maximum absolute atomic E-state index is 12.7. The fourth-order valence-corrected chi connectivity index (χ4v) is 4.44. The summed E-state index contributed by atoms with van der Waals surface area (Å²) in [6.07, 6.45) is 0. The van der Waals surface area contributed by atoms with Crippen molar-refractivity contribution < 1.29 is 0 Å². The number of rotatable bonds is 2. The van der Waals surface area contributed by atoms with Crippen molar-refractivity contribution in [2.24, 2.45) is 0 Å². The van der Waals surface area contributed by atoms with Crippen molar-refractivity contribution in [2.75, 3.05) is 5.32 Å². The normalized spacial score (nSPS) is 14.7. The fraction of sp³-hybridized carbons (Fsp3) is 0.0556. The van der Waals surface area contributed by atoms with Gasteiger partial charge in [0, 0.05) is 31.8 Å². The number of fused-ring (bicyclic) bond motifs is 2. The van der Waals surface area contributed by atoms with E-state index in [1.165, 1.54) is 4.68 Å². The largest absolute Gasteiger partial charge is 0.318 e. The van der Waals surface area contributed by atoms with E-state index in [2.05, 4.69) is 31.0 Å². The molecule has 1 aliphatic rings. The van der Waals surface area contributed by atoms with E-state index >= 15 is 0 Å². The third-order valence-corrected chi connectivity index (χ3v) is 5.82. The molecular weight excluding hydrogens is 472 g/mol. The van der Waals surface area contributed by atoms with Crippen molar-refractivity contribution in [2.45, 2.75) is 6.04 Å². The first kappa shape index (κ1) is 19.3. The van der Waals surface area contributed by atoms with Gasteiger partial charge in [-0.1, -0.05) is 57.6 Å². The highest BCUT2D eigenvalue weighted by Gasteiger charge is 2.35. The number of aromatic amines is 1. The van der Waals surface area contributed by atoms with Crippen LogP contribution in [0.2, 0.25) is 20.1 Å². The molecule has 2 N–H and O–H groups in total. The molecule has 2 aromatic carbocycles. The van der Waals surface area contributed by atoms with Crippen LogP contribution in [-0.4, -0.2) is 30.4 Å². The lowest BCUT2D eigenvalue weighted by molar-refractivity contribution is 0.567. The van der Waals surface area contributed by atoms with Gasteiger partial charge >= 0.3 is 0 Å². The molecule has 0 saturated carbocycles. The van der Waals surface area contributed by atoms with Gasteiger partial charge in [-0.25, -0.2) is 5.10 Å². The van der Waals surface area contributed by atoms with Gasteiger partial charge in [0.05, 0.1) is 5.02 Å². The smallest absolute Gasteiger partial charge is 0.288 e. The number of anilines is 2. The zero-order valence-corrected chi connectivity index (χ0v) is 17.7. The summed E-state index contributed by atoms with van der Waals surface area (Å²) in [5.74, 6) is 0.281. The van der Waals surface area contributed by atoms with Gasteiger partial charge in [0.1, 0.15) is 17.4 Å². The fourth-order valence-electron chi connectivity index (χ4n) is 3.44. The number of aromatic nitrogens is 6. The highest BCUT2D eigenvalue weighted by Crippen LogP contribution is 2.44. The van der Waals surface area contributed by atoms with Gasteiger partial charge in [-0.3, -0.25) is 4.79 Å². The van der Waals surface area contributed by atoms with Crippen LogP contribution in [0.5, 0.6) is 0 Å². The number of benzene rings is 2. The zero-order chi connectivity index (χ0) is 21.0. The van der Waals surface area contributed by atoms with E-state index in [1.54, 1.807) is 36.4 Å². The Hall–Kier alpha value is -2.65. The molecule has 1 aliphatic heterocycles. The Bertz CT molecular complexity index is 1370. The summed E-state index contributed by atoms with van der Waals surface area (Å²) in [6, 6.07) is 9.41. The average Bonchev–Trinajstić information content (AvgIpc) is 3.17. The molecule has 0 radical (unpaired) electrons. The third-order valence-electron chi connectivity index (χ3n) is 4.71. The summed E-state index contributed by atoms with van der Waals surface area (Å²) >= 11 is 25.1. The summed E-state index contributed by atoms with van der Waals surface area (Å²) in [6.45, 7) is 0. The van der Waals surface area contributed by atoms with E-state index in [4.69, 9.17) is 46.4 Å². The molecule has 0 amide bonds. The topological polar surface area (TPSA) is 101 Å². The molecule has 4 aromatic rings. The van der Waals surface area contributed by atoms with Crippen LogP contribution in [0.3, 0.4) is 0 Å². The molecule has 150 valence electrons. The van der Waals surface area contributed by atoms with Gasteiger partial charge in [-0.2, -0.15) is 9.78 Å². The van der Waals surface area contributed by atoms with Crippen LogP contribution < -0.4 is 10.9 Å². The molecule has 5 rings (SSSR count). The van der Waals surface area contributed by atoms with Gasteiger partial charge in [0.25, 0.3) is 5.56 Å². The first-order valence-corrected chi connectivity index (χ1v) is 10.0. The molecule has 0 spiro atoms. The molecule has 8 nitrogen and oxygen atoms in total. The van der Waals surface area contributed by atoms with Gasteiger partial charge in [0.15, 0.2) is 0 Å². The van der Waals surface area contributed by atoms with Crippen molar-refractivity contribution in [3.05, 3.63) is 78.0 Å². The van der Waals surface area contributed by atoms with Gasteiger partial charge in [-0.05, 0) is 40.8 Å². The van der Waals surface area contributed by atoms with Gasteiger partial charge in [-0.15, -0.1) is 0 Å². The SMILES string of the molecule is O=c1[nH]nc(-c2ccc(Cl)cc2Cl)c2c1Nc1nnnn1[C@@H]2c1ccc(Cl)cc1Cl. The predicted octanol–water partition coefficient (Wildman–Crippen LogP) is 4.73. The lowest BCUT2D eigenvalue weighted by Gasteiger charge is -2.28. The van der Waals surface area contributed by atoms with E-state index in [-0.39, 0.29) is 11.6 Å². The molecule has 30 heavy (non-hydrogen) atoms. The number of H-pyrrole nitrogens is 1. The van der Waals surface area contributed by atoms with Gasteiger partial charge < -0.3 is 5.32 Å². The monoisotopic (exact) mass is 479 g/mol. The molecule has 2 aromatic heterocycles. The highest BCUT2D eigenvalue weighted by atomic mass is 35.5. The number of nitrogens with zero attached hydrogens (tertiary/aromatic N) is 5. The maximum atomic E-state index is 12.7. The molecule has 0 bridgehead atoms. The molecule has 0 saturated heterocycles. The summed E-state index contributed by atoms with van der Waals surface area (Å²) in [5.41, 5.74) is 1.94. The minimum absolute atomic E-state index is 0.240. The second-order valence-corrected chi connectivity index (χ2v) is 8.14. The molecule has 3 heterocycles. The Morgan fingerprint density at radius 1 is 0.967 bits per heavy atom. The van der Waals surface area contributed by atoms with Crippen LogP contribution in [0, 0.1) is 0 Å². The Kier molecular flexibility index (Phi) is 4.67. The van der Waals surface area contributed by atoms with Crippen molar-refractivity contribution >= 4 is 58.0 Å². The molecule has 12 heteroatoms. The van der Waals surface area contributed by atoms with Crippen LogP contribution >= 0.6 is 46.4 Å². The quantitative estimate of drug-likeness (QED) is 0.378. The molecular formula is C18H9Cl4N7O. The second-order valence-electron chi connectivity index (χ2n) is 6.45. The van der Waals surface area contributed by atoms with Crippen LogP contribution in [-0.2, 0) is 0 Å². The third kappa shape index (κ3) is 3.04. The van der Waals surface area contributed by atoms with E-state index in [0.717, 1.165) is 0 Å². The summed E-state index contributed by atoms with van der Waals surface area (Å²) in [4.78, 5) is 12.7. The number of hydrogen-bond acceptors (Lipinski definition) is 6. The first-order valence-electron chi connectivity index (χ1n) is 8.52. The molecule has 0 aliphatic carbocycles. The van der Waals surface area contributed by atoms with E-state index < -0.39 is 11.6 Å². The Balaban J connectivity index is 1.85. The number of tetrazole rings is 1. The van der Waals surface area contributed by atoms with E-state index in [1.807, 2.05) is 0 Å². The number of nitrogens with one attached hydrogen (secondary N) is 2. The highest BCUT2D eigenvalue weighted by molar-refractivity contribution is 6.36. The van der Waals surface area contributed by atoms with Crippen LogP contribution in [0.1, 0.15) is 17.2 Å². The minimum Gasteiger partial charge on any atom is -0.318 e. The second kappa shape index (κ2) is 7.24. The zero-order valence-electron chi connectivity index (χ0n) is 14.7. The predicted molar refractivity (Wildman–Crippen MR) is 115 cm³/mol. The van der Waals surface area contributed by atoms with E-state index in [0.29, 0.717) is 42.5 Å². The lowest BCUT2D eigenvalue weighted by Crippen LogP contribution is -2.29. The molecule has 0 fully saturated rings. The summed E-state index contributed by atoms with van der Waals surface area (Å²) in [5, 5.41) is 23.2. The first-order chi connectivity index (χ1) is 14.4. The number of hydrogen-bond donors (Lipinski definition) is 2. The van der Waals surface area contributed by atoms with Crippen LogP contribution in [0.15, 0.2) is 41.2 Å². The van der Waals surface area contributed by atoms with Crippen molar-refractivity contribution in [3.63, 3.8) is 0 Å².